The summed E-state index contributed by atoms with van der Waals surface area (Å²) in [6, 6.07) is 7.01. The van der Waals surface area contributed by atoms with Crippen LogP contribution in [0.4, 0.5) is 10.5 Å². The number of benzene rings is 1. The van der Waals surface area contributed by atoms with Crippen molar-refractivity contribution in [2.24, 2.45) is 4.99 Å². The van der Waals surface area contributed by atoms with E-state index in [0.717, 1.165) is 50.2 Å². The lowest BCUT2D eigenvalue weighted by atomic mass is 10.1. The van der Waals surface area contributed by atoms with E-state index in [4.69, 9.17) is 4.74 Å². The van der Waals surface area contributed by atoms with Crippen LogP contribution in [-0.2, 0) is 11.2 Å². The minimum atomic E-state index is -0.382. The van der Waals surface area contributed by atoms with Crippen LogP contribution >= 0.6 is 24.0 Å². The molecular weight excluding hydrogens is 501 g/mol. The highest BCUT2D eigenvalue weighted by Crippen LogP contribution is 2.14. The van der Waals surface area contributed by atoms with Gasteiger partial charge in [-0.25, -0.2) is 4.79 Å². The second-order valence-electron chi connectivity index (χ2n) is 7.02. The molecule has 2 rings (SSSR count). The van der Waals surface area contributed by atoms with Gasteiger partial charge >= 0.3 is 6.09 Å². The van der Waals surface area contributed by atoms with E-state index in [0.29, 0.717) is 19.6 Å². The number of aryl methyl sites for hydroxylation is 1. The van der Waals surface area contributed by atoms with Gasteiger partial charge in [-0.1, -0.05) is 12.1 Å². The zero-order valence-corrected chi connectivity index (χ0v) is 20.0. The van der Waals surface area contributed by atoms with Gasteiger partial charge in [0.2, 0.25) is 0 Å². The standard InChI is InChI=1S/C20H31N5O4.HI/c1-3-21-19(23-17-11-14-24(15-12-17)20(26)29-2)22-13-5-4-6-16-7-9-18(10-8-16)25(27)28;/h7-10,17H,3-6,11-15H2,1-2H3,(H2,21,22,23);1H. The van der Waals surface area contributed by atoms with Crippen LogP contribution in [0.1, 0.15) is 38.2 Å². The molecule has 9 nitrogen and oxygen atoms in total. The first kappa shape index (κ1) is 25.9. The number of piperidine rings is 1. The van der Waals surface area contributed by atoms with Crippen LogP contribution in [0.2, 0.25) is 0 Å². The molecule has 1 heterocycles. The van der Waals surface area contributed by atoms with E-state index in [2.05, 4.69) is 15.6 Å². The van der Waals surface area contributed by atoms with Gasteiger partial charge in [0.25, 0.3) is 5.69 Å². The zero-order valence-electron chi connectivity index (χ0n) is 17.6. The molecule has 1 saturated heterocycles. The number of nitrogens with one attached hydrogen (secondary N) is 2. The smallest absolute Gasteiger partial charge is 0.409 e. The van der Waals surface area contributed by atoms with Gasteiger partial charge in [0.1, 0.15) is 0 Å². The highest BCUT2D eigenvalue weighted by Gasteiger charge is 2.23. The number of halogens is 1. The fourth-order valence-corrected chi connectivity index (χ4v) is 3.26. The summed E-state index contributed by atoms with van der Waals surface area (Å²) in [5.41, 5.74) is 1.22. The van der Waals surface area contributed by atoms with Crippen LogP contribution in [0, 0.1) is 10.1 Å². The number of nitro groups is 1. The number of nitrogens with zero attached hydrogens (tertiary/aromatic N) is 3. The van der Waals surface area contributed by atoms with Gasteiger partial charge in [-0.2, -0.15) is 0 Å². The summed E-state index contributed by atoms with van der Waals surface area (Å²) in [6.07, 6.45) is 4.24. The van der Waals surface area contributed by atoms with Gasteiger partial charge in [-0.05, 0) is 44.6 Å². The summed E-state index contributed by atoms with van der Waals surface area (Å²) in [6.45, 7) is 4.89. The van der Waals surface area contributed by atoms with E-state index in [1.54, 1.807) is 17.0 Å². The predicted octanol–water partition coefficient (Wildman–Crippen LogP) is 3.32. The first-order chi connectivity index (χ1) is 14.0. The number of non-ortho nitro benzene ring substituents is 1. The highest BCUT2D eigenvalue weighted by atomic mass is 127. The SMILES string of the molecule is CCNC(=NCCCCc1ccc([N+](=O)[O-])cc1)NC1CCN(C(=O)OC)CC1.I. The maximum atomic E-state index is 11.6. The van der Waals surface area contributed by atoms with E-state index in [9.17, 15) is 14.9 Å². The van der Waals surface area contributed by atoms with Crippen molar-refractivity contribution in [1.29, 1.82) is 0 Å². The molecule has 0 spiro atoms. The third kappa shape index (κ3) is 8.72. The second-order valence-corrected chi connectivity index (χ2v) is 7.02. The van der Waals surface area contributed by atoms with Crippen molar-refractivity contribution >= 4 is 41.7 Å². The summed E-state index contributed by atoms with van der Waals surface area (Å²) in [7, 11) is 1.41. The number of carbonyl (C=O) groups is 1. The molecule has 0 unspecified atom stereocenters. The number of methoxy groups -OCH3 is 1. The Morgan fingerprint density at radius 2 is 1.93 bits per heavy atom. The zero-order chi connectivity index (χ0) is 21.1. The number of ether oxygens (including phenoxy) is 1. The Morgan fingerprint density at radius 3 is 2.50 bits per heavy atom. The first-order valence-electron chi connectivity index (χ1n) is 10.1. The van der Waals surface area contributed by atoms with Crippen LogP contribution in [0.5, 0.6) is 0 Å². The fourth-order valence-electron chi connectivity index (χ4n) is 3.26. The topological polar surface area (TPSA) is 109 Å². The molecule has 0 atom stereocenters. The van der Waals surface area contributed by atoms with Gasteiger partial charge in [0.15, 0.2) is 5.96 Å². The van der Waals surface area contributed by atoms with E-state index < -0.39 is 0 Å². The molecule has 168 valence electrons. The normalized spacial score (nSPS) is 14.6. The minimum Gasteiger partial charge on any atom is -0.453 e. The van der Waals surface area contributed by atoms with Crippen LogP contribution in [0.15, 0.2) is 29.3 Å². The average molecular weight is 533 g/mol. The van der Waals surface area contributed by atoms with Crippen LogP contribution in [0.3, 0.4) is 0 Å². The molecule has 1 aromatic carbocycles. The Bertz CT molecular complexity index is 691. The fraction of sp³-hybridized carbons (Fsp3) is 0.600. The van der Waals surface area contributed by atoms with Crippen LogP contribution in [0.25, 0.3) is 0 Å². The molecule has 0 saturated carbocycles. The van der Waals surface area contributed by atoms with Crippen molar-refractivity contribution in [3.05, 3.63) is 39.9 Å². The molecule has 10 heteroatoms. The Kier molecular flexibility index (Phi) is 12.1. The molecule has 1 aromatic rings. The van der Waals surface area contributed by atoms with Crippen molar-refractivity contribution < 1.29 is 14.5 Å². The molecule has 1 amide bonds. The Hall–Kier alpha value is -2.11. The van der Waals surface area contributed by atoms with Crippen LogP contribution in [-0.4, -0.2) is 61.2 Å². The van der Waals surface area contributed by atoms with E-state index in [1.807, 2.05) is 19.1 Å². The lowest BCUT2D eigenvalue weighted by molar-refractivity contribution is -0.384. The summed E-state index contributed by atoms with van der Waals surface area (Å²) in [4.78, 5) is 28.2. The van der Waals surface area contributed by atoms with E-state index in [-0.39, 0.29) is 46.7 Å². The largest absolute Gasteiger partial charge is 0.453 e. The first-order valence-corrected chi connectivity index (χ1v) is 10.1. The number of rotatable bonds is 8. The van der Waals surface area contributed by atoms with E-state index >= 15 is 0 Å². The quantitative estimate of drug-likeness (QED) is 0.133. The number of aliphatic imine (C=N–C) groups is 1. The number of nitro benzene ring substituents is 1. The molecule has 0 bridgehead atoms. The molecule has 0 aromatic heterocycles. The minimum absolute atomic E-state index is 0. The maximum absolute atomic E-state index is 11.6. The molecule has 0 radical (unpaired) electrons. The van der Waals surface area contributed by atoms with Gasteiger partial charge in [-0.3, -0.25) is 15.1 Å². The second kappa shape index (κ2) is 14.0. The van der Waals surface area contributed by atoms with Crippen molar-refractivity contribution in [2.75, 3.05) is 33.3 Å². The monoisotopic (exact) mass is 533 g/mol. The molecular formula is C20H32IN5O4. The Balaban J connectivity index is 0.00000450. The number of hydrogen-bond donors (Lipinski definition) is 2. The number of unbranched alkanes of at least 4 members (excludes halogenated alkanes) is 1. The third-order valence-corrected chi connectivity index (χ3v) is 4.90. The summed E-state index contributed by atoms with van der Waals surface area (Å²) in [5.74, 6) is 0.805. The van der Waals surface area contributed by atoms with Gasteiger partial charge < -0.3 is 20.3 Å². The van der Waals surface area contributed by atoms with Crippen molar-refractivity contribution in [3.8, 4) is 0 Å². The summed E-state index contributed by atoms with van der Waals surface area (Å²) in [5, 5.41) is 17.4. The Labute approximate surface area is 194 Å². The molecule has 1 fully saturated rings. The number of carbonyl (C=O) groups excluding carboxylic acids is 1. The number of guanidine groups is 1. The van der Waals surface area contributed by atoms with Crippen molar-refractivity contribution in [3.63, 3.8) is 0 Å². The lowest BCUT2D eigenvalue weighted by Gasteiger charge is -2.32. The summed E-state index contributed by atoms with van der Waals surface area (Å²) < 4.78 is 4.77. The molecule has 0 aliphatic carbocycles. The van der Waals surface area contributed by atoms with Crippen molar-refractivity contribution in [2.45, 2.75) is 45.1 Å². The average Bonchev–Trinajstić information content (AvgIpc) is 2.74. The highest BCUT2D eigenvalue weighted by molar-refractivity contribution is 14.0. The lowest BCUT2D eigenvalue weighted by Crippen LogP contribution is -2.49. The number of likely N-dealkylation sites (tertiary alicyclic amines) is 1. The maximum Gasteiger partial charge on any atom is 0.409 e. The third-order valence-electron chi connectivity index (χ3n) is 4.90. The van der Waals surface area contributed by atoms with Gasteiger partial charge in [0, 0.05) is 44.4 Å². The summed E-state index contributed by atoms with van der Waals surface area (Å²) >= 11 is 0. The Morgan fingerprint density at radius 1 is 1.27 bits per heavy atom. The molecule has 1 aliphatic rings. The molecule has 1 aliphatic heterocycles. The predicted molar refractivity (Wildman–Crippen MR) is 128 cm³/mol. The van der Waals surface area contributed by atoms with E-state index in [1.165, 1.54) is 7.11 Å². The van der Waals surface area contributed by atoms with Gasteiger partial charge in [-0.15, -0.1) is 24.0 Å². The molecule has 2 N–H and O–H groups in total. The van der Waals surface area contributed by atoms with Gasteiger partial charge in [0.05, 0.1) is 12.0 Å². The number of hydrogen-bond acceptors (Lipinski definition) is 5. The van der Waals surface area contributed by atoms with Crippen LogP contribution < -0.4 is 10.6 Å². The van der Waals surface area contributed by atoms with Crippen molar-refractivity contribution in [1.82, 2.24) is 15.5 Å². The molecule has 30 heavy (non-hydrogen) atoms. The number of amides is 1.